The third-order valence-corrected chi connectivity index (χ3v) is 5.77. The fourth-order valence-corrected chi connectivity index (χ4v) is 4.20. The Kier molecular flexibility index (Phi) is 6.60. The lowest BCUT2D eigenvalue weighted by molar-refractivity contribution is -0.135. The minimum Gasteiger partial charge on any atom is -0.496 e. The molecule has 1 amide bonds. The van der Waals surface area contributed by atoms with Gasteiger partial charge in [0.25, 0.3) is 5.91 Å². The lowest BCUT2D eigenvalue weighted by Gasteiger charge is -2.26. The van der Waals surface area contributed by atoms with E-state index < -0.39 is 0 Å². The molecule has 1 atom stereocenters. The van der Waals surface area contributed by atoms with Gasteiger partial charge in [-0.15, -0.1) is 5.10 Å². The minimum atomic E-state index is -0.122. The lowest BCUT2D eigenvalue weighted by atomic mass is 10.1. The number of ether oxygens (including phenoxy) is 3. The molecule has 32 heavy (non-hydrogen) atoms. The van der Waals surface area contributed by atoms with Crippen molar-refractivity contribution in [1.29, 1.82) is 0 Å². The molecule has 3 heterocycles. The van der Waals surface area contributed by atoms with Gasteiger partial charge in [0, 0.05) is 38.0 Å². The van der Waals surface area contributed by atoms with Gasteiger partial charge < -0.3 is 19.1 Å². The number of pyridine rings is 1. The molecule has 0 radical (unpaired) electrons. The Balaban J connectivity index is 1.53. The van der Waals surface area contributed by atoms with Crippen LogP contribution in [-0.2, 0) is 23.1 Å². The van der Waals surface area contributed by atoms with E-state index >= 15 is 0 Å². The number of hydrogen-bond acceptors (Lipinski definition) is 6. The van der Waals surface area contributed by atoms with Gasteiger partial charge in [-0.1, -0.05) is 18.2 Å². The first kappa shape index (κ1) is 22.1. The number of fused-ring (bicyclic) bond motifs is 1. The quantitative estimate of drug-likeness (QED) is 0.538. The normalized spacial score (nSPS) is 15.8. The van der Waals surface area contributed by atoms with Crippen LogP contribution >= 0.6 is 0 Å². The van der Waals surface area contributed by atoms with Gasteiger partial charge in [0.2, 0.25) is 5.88 Å². The van der Waals surface area contributed by atoms with Crippen molar-refractivity contribution in [2.75, 3.05) is 26.9 Å². The van der Waals surface area contributed by atoms with Crippen molar-refractivity contribution in [3.63, 3.8) is 0 Å². The second kappa shape index (κ2) is 9.56. The molecule has 0 bridgehead atoms. The SMILES string of the molecule is COc1ccccc1CN(CC1CCCO1)C(=O)COc1nn(C)c2nc(C)cc(C)c12. The van der Waals surface area contributed by atoms with Gasteiger partial charge in [-0.2, -0.15) is 0 Å². The molecule has 8 nitrogen and oxygen atoms in total. The van der Waals surface area contributed by atoms with E-state index in [1.54, 1.807) is 16.7 Å². The molecular formula is C24H30N4O4. The third kappa shape index (κ3) is 4.70. The van der Waals surface area contributed by atoms with E-state index in [-0.39, 0.29) is 18.6 Å². The van der Waals surface area contributed by atoms with Gasteiger partial charge in [0.1, 0.15) is 5.75 Å². The standard InChI is InChI=1S/C24H30N4O4/c1-16-12-17(2)25-23-22(16)24(26-27(23)3)32-15-21(29)28(14-19-9-7-11-31-19)13-18-8-5-6-10-20(18)30-4/h5-6,8,10,12,19H,7,9,11,13-15H2,1-4H3. The Bertz CT molecular complexity index is 1100. The van der Waals surface area contributed by atoms with Crippen LogP contribution in [0.25, 0.3) is 11.0 Å². The molecular weight excluding hydrogens is 408 g/mol. The molecule has 0 aliphatic carbocycles. The number of carbonyl (C=O) groups excluding carboxylic acids is 1. The topological polar surface area (TPSA) is 78.7 Å². The predicted molar refractivity (Wildman–Crippen MR) is 121 cm³/mol. The zero-order chi connectivity index (χ0) is 22.7. The summed E-state index contributed by atoms with van der Waals surface area (Å²) >= 11 is 0. The van der Waals surface area contributed by atoms with Crippen molar-refractivity contribution in [3.05, 3.63) is 47.2 Å². The number of methoxy groups -OCH3 is 1. The van der Waals surface area contributed by atoms with E-state index in [9.17, 15) is 4.79 Å². The maximum Gasteiger partial charge on any atom is 0.260 e. The minimum absolute atomic E-state index is 0.0405. The summed E-state index contributed by atoms with van der Waals surface area (Å²) in [4.78, 5) is 19.6. The number of hydrogen-bond donors (Lipinski definition) is 0. The van der Waals surface area contributed by atoms with Crippen molar-refractivity contribution in [2.24, 2.45) is 7.05 Å². The van der Waals surface area contributed by atoms with Crippen molar-refractivity contribution in [2.45, 2.75) is 39.3 Å². The van der Waals surface area contributed by atoms with Crippen LogP contribution in [0.4, 0.5) is 0 Å². The summed E-state index contributed by atoms with van der Waals surface area (Å²) < 4.78 is 18.9. The first-order valence-corrected chi connectivity index (χ1v) is 10.9. The van der Waals surface area contributed by atoms with Crippen LogP contribution in [0.1, 0.15) is 29.7 Å². The van der Waals surface area contributed by atoms with E-state index in [2.05, 4.69) is 10.1 Å². The summed E-state index contributed by atoms with van der Waals surface area (Å²) in [5.74, 6) is 1.06. The molecule has 2 aromatic heterocycles. The molecule has 0 saturated carbocycles. The Morgan fingerprint density at radius 1 is 1.31 bits per heavy atom. The van der Waals surface area contributed by atoms with Crippen LogP contribution in [-0.4, -0.2) is 58.5 Å². The highest BCUT2D eigenvalue weighted by molar-refractivity contribution is 5.85. The first-order chi connectivity index (χ1) is 15.5. The van der Waals surface area contributed by atoms with Crippen LogP contribution < -0.4 is 9.47 Å². The molecule has 1 fully saturated rings. The summed E-state index contributed by atoms with van der Waals surface area (Å²) in [7, 11) is 3.47. The Labute approximate surface area is 188 Å². The highest BCUT2D eigenvalue weighted by atomic mass is 16.5. The second-order valence-electron chi connectivity index (χ2n) is 8.22. The van der Waals surface area contributed by atoms with Crippen molar-refractivity contribution >= 4 is 16.9 Å². The molecule has 1 aliphatic heterocycles. The Morgan fingerprint density at radius 2 is 2.12 bits per heavy atom. The average molecular weight is 439 g/mol. The first-order valence-electron chi connectivity index (χ1n) is 10.9. The second-order valence-corrected chi connectivity index (χ2v) is 8.22. The van der Waals surface area contributed by atoms with Gasteiger partial charge in [0.05, 0.1) is 18.6 Å². The number of nitrogens with zero attached hydrogens (tertiary/aromatic N) is 4. The average Bonchev–Trinajstić information content (AvgIpc) is 3.40. The van der Waals surface area contributed by atoms with Gasteiger partial charge in [-0.05, 0) is 44.4 Å². The highest BCUT2D eigenvalue weighted by Gasteiger charge is 2.25. The molecule has 1 unspecified atom stereocenters. The van der Waals surface area contributed by atoms with E-state index in [0.29, 0.717) is 19.0 Å². The molecule has 1 saturated heterocycles. The molecule has 0 spiro atoms. The van der Waals surface area contributed by atoms with E-state index in [4.69, 9.17) is 14.2 Å². The van der Waals surface area contributed by atoms with Gasteiger partial charge in [0.15, 0.2) is 12.3 Å². The predicted octanol–water partition coefficient (Wildman–Crippen LogP) is 3.18. The Hall–Kier alpha value is -3.13. The molecule has 1 aromatic carbocycles. The smallest absolute Gasteiger partial charge is 0.260 e. The molecule has 170 valence electrons. The van der Waals surface area contributed by atoms with Crippen molar-refractivity contribution in [1.82, 2.24) is 19.7 Å². The van der Waals surface area contributed by atoms with Crippen molar-refractivity contribution in [3.8, 4) is 11.6 Å². The molecule has 0 N–H and O–H groups in total. The molecule has 8 heteroatoms. The number of carbonyl (C=O) groups is 1. The zero-order valence-electron chi connectivity index (χ0n) is 19.1. The van der Waals surface area contributed by atoms with Crippen LogP contribution in [0, 0.1) is 13.8 Å². The number of aryl methyl sites for hydroxylation is 3. The maximum atomic E-state index is 13.2. The number of para-hydroxylation sites is 1. The molecule has 4 rings (SSSR count). The van der Waals surface area contributed by atoms with Crippen LogP contribution in [0.5, 0.6) is 11.6 Å². The monoisotopic (exact) mass is 438 g/mol. The number of benzene rings is 1. The lowest BCUT2D eigenvalue weighted by Crippen LogP contribution is -2.39. The van der Waals surface area contributed by atoms with Crippen LogP contribution in [0.2, 0.25) is 0 Å². The zero-order valence-corrected chi connectivity index (χ0v) is 19.1. The van der Waals surface area contributed by atoms with E-state index in [0.717, 1.165) is 53.1 Å². The van der Waals surface area contributed by atoms with E-state index in [1.165, 1.54) is 0 Å². The third-order valence-electron chi connectivity index (χ3n) is 5.77. The van der Waals surface area contributed by atoms with Crippen LogP contribution in [0.3, 0.4) is 0 Å². The fraction of sp³-hybridized carbons (Fsp3) is 0.458. The van der Waals surface area contributed by atoms with Crippen molar-refractivity contribution < 1.29 is 19.0 Å². The largest absolute Gasteiger partial charge is 0.496 e. The fourth-order valence-electron chi connectivity index (χ4n) is 4.20. The summed E-state index contributed by atoms with van der Waals surface area (Å²) in [6.45, 7) is 5.52. The Morgan fingerprint density at radius 3 is 2.88 bits per heavy atom. The molecule has 3 aromatic rings. The summed E-state index contributed by atoms with van der Waals surface area (Å²) in [6.07, 6.45) is 2.01. The number of aromatic nitrogens is 3. The van der Waals surface area contributed by atoms with Gasteiger partial charge >= 0.3 is 0 Å². The molecule has 1 aliphatic rings. The summed E-state index contributed by atoms with van der Waals surface area (Å²) in [5.41, 5.74) is 3.63. The van der Waals surface area contributed by atoms with Gasteiger partial charge in [-0.25, -0.2) is 9.67 Å². The summed E-state index contributed by atoms with van der Waals surface area (Å²) in [5, 5.41) is 5.29. The van der Waals surface area contributed by atoms with Gasteiger partial charge in [-0.3, -0.25) is 4.79 Å². The van der Waals surface area contributed by atoms with Crippen LogP contribution in [0.15, 0.2) is 30.3 Å². The summed E-state index contributed by atoms with van der Waals surface area (Å²) in [6, 6.07) is 9.73. The van der Waals surface area contributed by atoms with E-state index in [1.807, 2.05) is 51.2 Å². The highest BCUT2D eigenvalue weighted by Crippen LogP contribution is 2.27. The number of rotatable bonds is 8. The maximum absolute atomic E-state index is 13.2. The number of amides is 1.